The van der Waals surface area contributed by atoms with Crippen LogP contribution in [0.4, 0.5) is 0 Å². The Kier molecular flexibility index (Phi) is 12.3. The molecular formula is C23H40ClN. The monoisotopic (exact) mass is 365 g/mol. The maximum Gasteiger partial charge on any atom is 0.0248 e. The third-order valence-corrected chi connectivity index (χ3v) is 5.61. The number of halogens is 1. The van der Waals surface area contributed by atoms with Crippen molar-refractivity contribution in [1.29, 1.82) is 0 Å². The van der Waals surface area contributed by atoms with Crippen molar-refractivity contribution in [3.05, 3.63) is 36.0 Å². The topological polar surface area (TPSA) is 12.0 Å². The Balaban J connectivity index is 2.20. The van der Waals surface area contributed by atoms with Gasteiger partial charge < -0.3 is 5.32 Å². The van der Waals surface area contributed by atoms with Gasteiger partial charge in [0.05, 0.1) is 0 Å². The van der Waals surface area contributed by atoms with Crippen LogP contribution in [0.2, 0.25) is 0 Å². The van der Waals surface area contributed by atoms with Gasteiger partial charge in [-0.1, -0.05) is 56.2 Å². The van der Waals surface area contributed by atoms with Crippen LogP contribution in [0.5, 0.6) is 0 Å². The number of hydrogen-bond acceptors (Lipinski definition) is 1. The third-order valence-electron chi connectivity index (χ3n) is 5.34. The van der Waals surface area contributed by atoms with Crippen molar-refractivity contribution >= 4 is 11.6 Å². The first-order valence-electron chi connectivity index (χ1n) is 10.4. The smallest absolute Gasteiger partial charge is 0.0248 e. The van der Waals surface area contributed by atoms with Gasteiger partial charge >= 0.3 is 0 Å². The van der Waals surface area contributed by atoms with Crippen molar-refractivity contribution in [3.8, 4) is 0 Å². The van der Waals surface area contributed by atoms with Gasteiger partial charge in [-0.3, -0.25) is 0 Å². The summed E-state index contributed by atoms with van der Waals surface area (Å²) in [5.74, 6) is 2.33. The predicted molar refractivity (Wildman–Crippen MR) is 114 cm³/mol. The van der Waals surface area contributed by atoms with Crippen LogP contribution < -0.4 is 5.32 Å². The lowest BCUT2D eigenvalue weighted by atomic mass is 9.95. The molecule has 0 amide bonds. The number of allylic oxidation sites excluding steroid dienone is 4. The first-order valence-corrected chi connectivity index (χ1v) is 10.9. The van der Waals surface area contributed by atoms with Crippen LogP contribution in [-0.2, 0) is 0 Å². The van der Waals surface area contributed by atoms with Gasteiger partial charge in [0.15, 0.2) is 0 Å². The average Bonchev–Trinajstić information content (AvgIpc) is 2.80. The van der Waals surface area contributed by atoms with E-state index in [4.69, 9.17) is 11.6 Å². The molecule has 0 fully saturated rings. The van der Waals surface area contributed by atoms with E-state index in [-0.39, 0.29) is 0 Å². The number of alkyl halides is 1. The lowest BCUT2D eigenvalue weighted by Crippen LogP contribution is -2.28. The van der Waals surface area contributed by atoms with Gasteiger partial charge in [-0.25, -0.2) is 0 Å². The molecule has 0 bridgehead atoms. The Morgan fingerprint density at radius 1 is 1.40 bits per heavy atom. The van der Waals surface area contributed by atoms with Crippen molar-refractivity contribution in [2.24, 2.45) is 11.8 Å². The Labute approximate surface area is 162 Å². The van der Waals surface area contributed by atoms with Crippen LogP contribution in [0.1, 0.15) is 78.6 Å². The minimum absolute atomic E-state index is 0.413. The molecule has 0 aromatic heterocycles. The summed E-state index contributed by atoms with van der Waals surface area (Å²) in [7, 11) is 0. The first-order chi connectivity index (χ1) is 12.0. The summed E-state index contributed by atoms with van der Waals surface area (Å²) in [5, 5.41) is 3.56. The van der Waals surface area contributed by atoms with Crippen LogP contribution in [0, 0.1) is 11.8 Å². The van der Waals surface area contributed by atoms with Crippen LogP contribution in [-0.4, -0.2) is 18.5 Å². The minimum Gasteiger partial charge on any atom is -0.311 e. The van der Waals surface area contributed by atoms with E-state index < -0.39 is 0 Å². The first kappa shape index (κ1) is 22.5. The van der Waals surface area contributed by atoms with Crippen molar-refractivity contribution in [1.82, 2.24) is 5.32 Å². The van der Waals surface area contributed by atoms with Gasteiger partial charge in [-0.15, -0.1) is 11.6 Å². The molecule has 1 rings (SSSR count). The van der Waals surface area contributed by atoms with Crippen molar-refractivity contribution in [2.45, 2.75) is 84.6 Å². The Bertz CT molecular complexity index is 424. The summed E-state index contributed by atoms with van der Waals surface area (Å²) in [5.41, 5.74) is 2.89. The quantitative estimate of drug-likeness (QED) is 0.222. The fourth-order valence-electron chi connectivity index (χ4n) is 3.38. The normalized spacial score (nSPS) is 21.0. The zero-order chi connectivity index (χ0) is 18.5. The third kappa shape index (κ3) is 10.9. The highest BCUT2D eigenvalue weighted by molar-refractivity contribution is 6.17. The molecule has 0 saturated carbocycles. The molecule has 1 aliphatic rings. The molecule has 2 heteroatoms. The highest BCUT2D eigenvalue weighted by atomic mass is 35.5. The summed E-state index contributed by atoms with van der Waals surface area (Å²) >= 11 is 5.72. The van der Waals surface area contributed by atoms with Gasteiger partial charge in [0.1, 0.15) is 0 Å². The van der Waals surface area contributed by atoms with Gasteiger partial charge in [0.25, 0.3) is 0 Å². The lowest BCUT2D eigenvalue weighted by Gasteiger charge is -2.18. The summed E-state index contributed by atoms with van der Waals surface area (Å²) in [6.07, 6.45) is 18.2. The predicted octanol–water partition coefficient (Wildman–Crippen LogP) is 7.04. The molecule has 0 radical (unpaired) electrons. The fraction of sp³-hybridized carbons (Fsp3) is 0.739. The highest BCUT2D eigenvalue weighted by Crippen LogP contribution is 2.24. The summed E-state index contributed by atoms with van der Waals surface area (Å²) in [6.45, 7) is 12.3. The van der Waals surface area contributed by atoms with E-state index in [1.807, 2.05) is 0 Å². The fourth-order valence-corrected chi connectivity index (χ4v) is 3.57. The molecule has 0 aliphatic heterocycles. The molecule has 0 spiro atoms. The molecule has 0 aromatic rings. The lowest BCUT2D eigenvalue weighted by molar-refractivity contribution is 0.508. The number of rotatable bonds is 12. The average molecular weight is 366 g/mol. The van der Waals surface area contributed by atoms with Crippen molar-refractivity contribution < 1.29 is 0 Å². The van der Waals surface area contributed by atoms with Crippen LogP contribution in [0.15, 0.2) is 36.0 Å². The summed E-state index contributed by atoms with van der Waals surface area (Å²) in [4.78, 5) is 0. The molecule has 3 unspecified atom stereocenters. The second-order valence-electron chi connectivity index (χ2n) is 8.03. The van der Waals surface area contributed by atoms with E-state index in [2.05, 4.69) is 50.9 Å². The molecule has 3 atom stereocenters. The standard InChI is InChI=1S/C23H40ClN/c1-19(11-9-13-23-12-6-5-10-20(2)18-23)14-15-21(3)22(4)25-17-8-7-16-24/h9,12-13,19-20,22,25H,3,5-8,10-11,14-18H2,1-2,4H3/b13-9-. The molecule has 0 saturated heterocycles. The van der Waals surface area contributed by atoms with Gasteiger partial charge in [0.2, 0.25) is 0 Å². The molecule has 1 N–H and O–H groups in total. The molecular weight excluding hydrogens is 326 g/mol. The number of unbranched alkanes of at least 4 members (excludes halogenated alkanes) is 1. The van der Waals surface area contributed by atoms with E-state index in [1.54, 1.807) is 5.57 Å². The minimum atomic E-state index is 0.413. The maximum absolute atomic E-state index is 5.72. The number of nitrogens with one attached hydrogen (secondary N) is 1. The second kappa shape index (κ2) is 13.6. The van der Waals surface area contributed by atoms with E-state index >= 15 is 0 Å². The van der Waals surface area contributed by atoms with Crippen molar-refractivity contribution in [2.75, 3.05) is 12.4 Å². The van der Waals surface area contributed by atoms with Gasteiger partial charge in [0, 0.05) is 11.9 Å². The zero-order valence-electron chi connectivity index (χ0n) is 16.8. The summed E-state index contributed by atoms with van der Waals surface area (Å²) in [6, 6.07) is 0.413. The number of hydrogen-bond donors (Lipinski definition) is 1. The van der Waals surface area contributed by atoms with E-state index in [0.29, 0.717) is 6.04 Å². The SMILES string of the molecule is C=C(CCC(C)C/C=C\C1=CCCCC(C)C1)C(C)NCCCCCl. The maximum atomic E-state index is 5.72. The van der Waals surface area contributed by atoms with Crippen molar-refractivity contribution in [3.63, 3.8) is 0 Å². The van der Waals surface area contributed by atoms with E-state index in [9.17, 15) is 0 Å². The Morgan fingerprint density at radius 3 is 2.96 bits per heavy atom. The highest BCUT2D eigenvalue weighted by Gasteiger charge is 2.09. The molecule has 1 nitrogen and oxygen atoms in total. The molecule has 1 aliphatic carbocycles. The van der Waals surface area contributed by atoms with E-state index in [1.165, 1.54) is 44.1 Å². The summed E-state index contributed by atoms with van der Waals surface area (Å²) < 4.78 is 0. The second-order valence-corrected chi connectivity index (χ2v) is 8.41. The Morgan fingerprint density at radius 2 is 2.20 bits per heavy atom. The molecule has 0 aromatic carbocycles. The Hall–Kier alpha value is -0.530. The van der Waals surface area contributed by atoms with Crippen LogP contribution in [0.3, 0.4) is 0 Å². The van der Waals surface area contributed by atoms with E-state index in [0.717, 1.165) is 43.5 Å². The largest absolute Gasteiger partial charge is 0.311 e. The molecule has 25 heavy (non-hydrogen) atoms. The van der Waals surface area contributed by atoms with Gasteiger partial charge in [-0.05, 0) is 76.7 Å². The molecule has 0 heterocycles. The van der Waals surface area contributed by atoms with Crippen LogP contribution >= 0.6 is 11.6 Å². The van der Waals surface area contributed by atoms with Gasteiger partial charge in [-0.2, -0.15) is 0 Å². The van der Waals surface area contributed by atoms with Crippen LogP contribution in [0.25, 0.3) is 0 Å². The zero-order valence-corrected chi connectivity index (χ0v) is 17.6. The molecule has 144 valence electrons.